The van der Waals surface area contributed by atoms with Gasteiger partial charge in [0.15, 0.2) is 0 Å². The maximum Gasteiger partial charge on any atom is 0 e. The Hall–Kier alpha value is -2.39. The molecule has 0 aliphatic rings. The third kappa shape index (κ3) is 38.8. The van der Waals surface area contributed by atoms with Gasteiger partial charge in [-0.3, -0.25) is 4.79 Å². The molecule has 0 aliphatic heterocycles. The monoisotopic (exact) mass is 522 g/mol. The van der Waals surface area contributed by atoms with E-state index in [1.807, 2.05) is 6.92 Å². The zero-order valence-electron chi connectivity index (χ0n) is 16.2. The minimum atomic E-state index is -0.463. The van der Waals surface area contributed by atoms with Gasteiger partial charge in [0, 0.05) is 40.5 Å². The van der Waals surface area contributed by atoms with Gasteiger partial charge in [-0.05, 0) is 18.6 Å². The van der Waals surface area contributed by atoms with E-state index in [-0.39, 0.29) is 44.9 Å². The summed E-state index contributed by atoms with van der Waals surface area (Å²) in [4.78, 5) is 22.6. The van der Waals surface area contributed by atoms with Gasteiger partial charge >= 0.3 is 79.8 Å². The van der Waals surface area contributed by atoms with Crippen LogP contribution in [0.2, 0.25) is 0 Å². The van der Waals surface area contributed by atoms with Gasteiger partial charge in [-0.1, -0.05) is 25.5 Å². The Morgan fingerprint density at radius 3 is 1.55 bits per heavy atom. The van der Waals surface area contributed by atoms with Gasteiger partial charge in [0.25, 0.3) is 0 Å². The minimum Gasteiger partial charge on any atom is 0 e. The van der Waals surface area contributed by atoms with Crippen LogP contribution in [0.1, 0.15) is 37.0 Å². The predicted molar refractivity (Wildman–Crippen MR) is 86.5 cm³/mol. The van der Waals surface area contributed by atoms with Crippen LogP contribution in [0.25, 0.3) is 0 Å². The molecule has 2 radical (unpaired) electrons. The van der Waals surface area contributed by atoms with Crippen LogP contribution in [0, 0.1) is 39.9 Å². The molecule has 1 rings (SSSR count). The Morgan fingerprint density at radius 1 is 0.806 bits per heavy atom. The van der Waals surface area contributed by atoms with E-state index in [2.05, 4.69) is 39.9 Å². The summed E-state index contributed by atoms with van der Waals surface area (Å²) in [7, 11) is 0. The number of unbranched alkanes of at least 4 members (excludes halogenated alkanes) is 1. The van der Waals surface area contributed by atoms with Crippen molar-refractivity contribution < 1.29 is 80.5 Å². The van der Waals surface area contributed by atoms with E-state index in [0.717, 1.165) is 12.8 Å². The maximum atomic E-state index is 11.7. The molecule has 0 saturated carbocycles. The molecule has 170 valence electrons. The van der Waals surface area contributed by atoms with Crippen molar-refractivity contribution in [3.05, 3.63) is 69.7 Å². The normalized spacial score (nSPS) is 5.74. The standard InChI is InChI=1S/C13H16O4.6CO.2Co/c1-3-4-9-16-13(15)11-7-5-6-8-12(11)17-10(2)14;6*1-2;;/h5-8H,3-4,9H2,1-2H3;;;;;;;;. The van der Waals surface area contributed by atoms with Crippen LogP contribution in [0.3, 0.4) is 0 Å². The fourth-order valence-corrected chi connectivity index (χ4v) is 1.27. The topological polar surface area (TPSA) is 172 Å². The molecule has 0 amide bonds. The van der Waals surface area contributed by atoms with Crippen molar-refractivity contribution in [3.63, 3.8) is 0 Å². The van der Waals surface area contributed by atoms with Gasteiger partial charge in [0.05, 0.1) is 6.61 Å². The Labute approximate surface area is 201 Å². The molecule has 0 N–H and O–H groups in total. The summed E-state index contributed by atoms with van der Waals surface area (Å²) in [6.07, 6.45) is 1.78. The van der Waals surface area contributed by atoms with E-state index >= 15 is 0 Å². The number of carbonyl (C=O) groups is 2. The summed E-state index contributed by atoms with van der Waals surface area (Å²) < 4.78 is 55.0. The van der Waals surface area contributed by atoms with E-state index in [9.17, 15) is 9.59 Å². The molecule has 0 fully saturated rings. The SMILES string of the molecule is CCCCOC(=O)c1ccccc1OC(C)=O.[C-]#[O+].[C-]#[O+].[C-]#[O+].[C-]#[O+].[C-]#[O+].[C-]#[O+].[Co].[Co]. The van der Waals surface area contributed by atoms with E-state index in [4.69, 9.17) is 37.4 Å². The number of para-hydroxylation sites is 1. The first-order valence-corrected chi connectivity index (χ1v) is 6.82. The van der Waals surface area contributed by atoms with Crippen molar-refractivity contribution in [2.24, 2.45) is 0 Å². The average Bonchev–Trinajstić information content (AvgIpc) is 2.82. The Kier molecular flexibility index (Phi) is 93.5. The zero-order chi connectivity index (χ0) is 24.7. The fourth-order valence-electron chi connectivity index (χ4n) is 1.27. The van der Waals surface area contributed by atoms with Crippen molar-refractivity contribution in [3.8, 4) is 5.75 Å². The third-order valence-corrected chi connectivity index (χ3v) is 2.09. The van der Waals surface area contributed by atoms with Crippen LogP contribution in [0.5, 0.6) is 5.75 Å². The van der Waals surface area contributed by atoms with Crippen molar-refractivity contribution in [1.82, 2.24) is 0 Å². The van der Waals surface area contributed by atoms with Gasteiger partial charge in [-0.25, -0.2) is 4.79 Å². The summed E-state index contributed by atoms with van der Waals surface area (Å²) in [5.74, 6) is -0.685. The molecule has 0 saturated heterocycles. The first-order chi connectivity index (χ1) is 14.1. The number of carbonyl (C=O) groups excluding carboxylic acids is 2. The average molecular weight is 522 g/mol. The van der Waals surface area contributed by atoms with Crippen LogP contribution in [0.15, 0.2) is 24.3 Å². The van der Waals surface area contributed by atoms with Crippen molar-refractivity contribution in [1.29, 1.82) is 0 Å². The number of hydrogen-bond acceptors (Lipinski definition) is 4. The summed E-state index contributed by atoms with van der Waals surface area (Å²) in [5.41, 5.74) is 0.277. The molecule has 1 aromatic carbocycles. The summed E-state index contributed by atoms with van der Waals surface area (Å²) >= 11 is 0. The largest absolute Gasteiger partial charge is 0 e. The number of rotatable bonds is 5. The van der Waals surface area contributed by atoms with Crippen LogP contribution in [-0.2, 0) is 71.0 Å². The molecule has 0 atom stereocenters. The molecule has 0 unspecified atom stereocenters. The van der Waals surface area contributed by atoms with E-state index < -0.39 is 11.9 Å². The Balaban J connectivity index is -0.0000000545. The second-order valence-corrected chi connectivity index (χ2v) is 3.58. The van der Waals surface area contributed by atoms with Gasteiger partial charge < -0.3 is 9.47 Å². The Bertz CT molecular complexity index is 600. The fraction of sp³-hybridized carbons (Fsp3) is 0.263. The molecule has 0 aliphatic carbocycles. The molecule has 0 heterocycles. The number of ether oxygens (including phenoxy) is 2. The Morgan fingerprint density at radius 2 is 1.19 bits per heavy atom. The number of esters is 2. The molecule has 31 heavy (non-hydrogen) atoms. The van der Waals surface area contributed by atoms with Gasteiger partial charge in [-0.2, -0.15) is 0 Å². The maximum absolute atomic E-state index is 11.7. The van der Waals surface area contributed by atoms with Gasteiger partial charge in [0.1, 0.15) is 11.3 Å². The summed E-state index contributed by atoms with van der Waals surface area (Å²) in [5, 5.41) is 0. The van der Waals surface area contributed by atoms with Gasteiger partial charge in [-0.15, -0.1) is 0 Å². The second-order valence-electron chi connectivity index (χ2n) is 3.58. The molecule has 0 spiro atoms. The van der Waals surface area contributed by atoms with Crippen LogP contribution in [-0.4, -0.2) is 18.5 Å². The predicted octanol–water partition coefficient (Wildman–Crippen LogP) is 2.34. The molecular weight excluding hydrogens is 506 g/mol. The molecule has 0 aromatic heterocycles. The first kappa shape index (κ1) is 51.3. The first-order valence-electron chi connectivity index (χ1n) is 6.82. The van der Waals surface area contributed by atoms with Crippen LogP contribution < -0.4 is 4.74 Å². The van der Waals surface area contributed by atoms with Crippen LogP contribution in [0.4, 0.5) is 0 Å². The van der Waals surface area contributed by atoms with E-state index in [1.54, 1.807) is 24.3 Å². The van der Waals surface area contributed by atoms with Crippen molar-refractivity contribution in [2.75, 3.05) is 6.61 Å². The molecule has 0 bridgehead atoms. The van der Waals surface area contributed by atoms with Crippen molar-refractivity contribution >= 4 is 11.9 Å². The van der Waals surface area contributed by atoms with Gasteiger partial charge in [0.2, 0.25) is 0 Å². The van der Waals surface area contributed by atoms with Crippen molar-refractivity contribution in [2.45, 2.75) is 26.7 Å². The van der Waals surface area contributed by atoms with E-state index in [1.165, 1.54) is 6.92 Å². The second kappa shape index (κ2) is 56.5. The number of benzene rings is 1. The minimum absolute atomic E-state index is 0. The molecule has 12 heteroatoms. The van der Waals surface area contributed by atoms with Crippen LogP contribution >= 0.6 is 0 Å². The summed E-state index contributed by atoms with van der Waals surface area (Å²) in [6, 6.07) is 6.54. The molecule has 10 nitrogen and oxygen atoms in total. The number of hydrogen-bond donors (Lipinski definition) is 0. The summed E-state index contributed by atoms with van der Waals surface area (Å²) in [6.45, 7) is 30.7. The quantitative estimate of drug-likeness (QED) is 0.190. The van der Waals surface area contributed by atoms with E-state index in [0.29, 0.717) is 6.61 Å². The molecular formula is C19H16Co2O10. The zero-order valence-corrected chi connectivity index (χ0v) is 18.3. The smallest absolute Gasteiger partial charge is 0 e. The molecule has 1 aromatic rings. The third-order valence-electron chi connectivity index (χ3n) is 2.09.